The lowest BCUT2D eigenvalue weighted by atomic mass is 9.98. The number of hydrogen-bond acceptors (Lipinski definition) is 0. The summed E-state index contributed by atoms with van der Waals surface area (Å²) in [5.74, 6) is 0. The summed E-state index contributed by atoms with van der Waals surface area (Å²) in [4.78, 5) is 0. The lowest BCUT2D eigenvalue weighted by molar-refractivity contribution is 1.16. The van der Waals surface area contributed by atoms with Crippen LogP contribution in [0.2, 0.25) is 10.0 Å². The van der Waals surface area contributed by atoms with Crippen LogP contribution in [0.4, 0.5) is 0 Å². The number of rotatable bonds is 2. The van der Waals surface area contributed by atoms with Gasteiger partial charge in [-0.15, -0.1) is 11.6 Å². The highest BCUT2D eigenvalue weighted by molar-refractivity contribution is 9.10. The van der Waals surface area contributed by atoms with Crippen molar-refractivity contribution in [1.29, 1.82) is 0 Å². The fourth-order valence-electron chi connectivity index (χ4n) is 2.41. The Morgan fingerprint density at radius 2 is 1.38 bits per heavy atom. The number of hydrogen-bond donors (Lipinski definition) is 0. The van der Waals surface area contributed by atoms with Crippen molar-refractivity contribution in [2.45, 2.75) is 5.38 Å². The molecule has 0 aliphatic rings. The minimum atomic E-state index is -0.399. The molecule has 4 heteroatoms. The first-order chi connectivity index (χ1) is 10.1. The summed E-state index contributed by atoms with van der Waals surface area (Å²) in [7, 11) is 0. The van der Waals surface area contributed by atoms with Gasteiger partial charge in [0.05, 0.1) is 5.38 Å². The summed E-state index contributed by atoms with van der Waals surface area (Å²) in [5.41, 5.74) is 1.74. The maximum absolute atomic E-state index is 6.69. The molecule has 0 heterocycles. The summed E-state index contributed by atoms with van der Waals surface area (Å²) >= 11 is 22.8. The van der Waals surface area contributed by atoms with Crippen molar-refractivity contribution < 1.29 is 0 Å². The van der Waals surface area contributed by atoms with Gasteiger partial charge in [-0.25, -0.2) is 0 Å². The molecule has 0 fully saturated rings. The second-order valence-electron chi connectivity index (χ2n) is 4.68. The van der Waals surface area contributed by atoms with E-state index in [9.17, 15) is 0 Å². The van der Waals surface area contributed by atoms with E-state index in [-0.39, 0.29) is 0 Å². The first-order valence-electron chi connectivity index (χ1n) is 6.34. The van der Waals surface area contributed by atoms with Gasteiger partial charge in [-0.3, -0.25) is 0 Å². The summed E-state index contributed by atoms with van der Waals surface area (Å²) in [6.07, 6.45) is 0. The molecule has 0 spiro atoms. The summed E-state index contributed by atoms with van der Waals surface area (Å²) in [6, 6.07) is 17.5. The summed E-state index contributed by atoms with van der Waals surface area (Å²) in [5, 5.41) is 2.96. The van der Waals surface area contributed by atoms with Crippen molar-refractivity contribution in [3.63, 3.8) is 0 Å². The van der Waals surface area contributed by atoms with E-state index >= 15 is 0 Å². The zero-order valence-electron chi connectivity index (χ0n) is 10.8. The SMILES string of the molecule is Clc1cccc(Cl)c1C(Cl)c1ccc(Br)c2ccccc12. The van der Waals surface area contributed by atoms with E-state index in [0.29, 0.717) is 10.0 Å². The summed E-state index contributed by atoms with van der Waals surface area (Å²) < 4.78 is 1.04. The van der Waals surface area contributed by atoms with Crippen molar-refractivity contribution in [3.05, 3.63) is 80.2 Å². The molecule has 0 nitrogen and oxygen atoms in total. The first-order valence-corrected chi connectivity index (χ1v) is 8.33. The molecule has 21 heavy (non-hydrogen) atoms. The molecule has 0 aromatic heterocycles. The fourth-order valence-corrected chi connectivity index (χ4v) is 4.05. The second-order valence-corrected chi connectivity index (χ2v) is 6.79. The second kappa shape index (κ2) is 6.18. The molecule has 1 unspecified atom stereocenters. The largest absolute Gasteiger partial charge is 0.112 e. The number of benzene rings is 3. The van der Waals surface area contributed by atoms with Crippen LogP contribution in [0.3, 0.4) is 0 Å². The van der Waals surface area contributed by atoms with Crippen LogP contribution in [-0.2, 0) is 0 Å². The molecule has 106 valence electrons. The molecule has 0 N–H and O–H groups in total. The van der Waals surface area contributed by atoms with E-state index in [1.54, 1.807) is 12.1 Å². The fraction of sp³-hybridized carbons (Fsp3) is 0.0588. The number of alkyl halides is 1. The van der Waals surface area contributed by atoms with Crippen molar-refractivity contribution in [3.8, 4) is 0 Å². The van der Waals surface area contributed by atoms with Crippen LogP contribution >= 0.6 is 50.7 Å². The highest BCUT2D eigenvalue weighted by Crippen LogP contribution is 2.41. The molecule has 3 rings (SSSR count). The monoisotopic (exact) mass is 398 g/mol. The molecular weight excluding hydrogens is 390 g/mol. The maximum atomic E-state index is 6.69. The topological polar surface area (TPSA) is 0 Å². The Morgan fingerprint density at radius 3 is 2.05 bits per heavy atom. The van der Waals surface area contributed by atoms with Crippen molar-refractivity contribution in [2.75, 3.05) is 0 Å². The van der Waals surface area contributed by atoms with Gasteiger partial charge in [-0.1, -0.05) is 75.5 Å². The van der Waals surface area contributed by atoms with Gasteiger partial charge in [0.15, 0.2) is 0 Å². The predicted molar refractivity (Wildman–Crippen MR) is 95.8 cm³/mol. The molecule has 3 aromatic carbocycles. The quantitative estimate of drug-likeness (QED) is 0.398. The van der Waals surface area contributed by atoms with Gasteiger partial charge in [0.2, 0.25) is 0 Å². The van der Waals surface area contributed by atoms with Crippen LogP contribution in [0.1, 0.15) is 16.5 Å². The molecule has 0 saturated carbocycles. The van der Waals surface area contributed by atoms with E-state index < -0.39 is 5.38 Å². The van der Waals surface area contributed by atoms with Gasteiger partial charge in [0.25, 0.3) is 0 Å². The molecule has 0 aliphatic carbocycles. The number of fused-ring (bicyclic) bond motifs is 1. The molecule has 1 atom stereocenters. The first kappa shape index (κ1) is 15.2. The number of halogens is 4. The predicted octanol–water partition coefficient (Wildman–Crippen LogP) is 7.24. The van der Waals surface area contributed by atoms with Gasteiger partial charge in [0.1, 0.15) is 0 Å². The molecule has 3 aromatic rings. The Hall–Kier alpha value is -0.730. The van der Waals surface area contributed by atoms with Crippen LogP contribution in [0.15, 0.2) is 59.1 Å². The Labute approximate surface area is 146 Å². The van der Waals surface area contributed by atoms with Gasteiger partial charge in [-0.05, 0) is 34.5 Å². The Balaban J connectivity index is 2.23. The third-order valence-electron chi connectivity index (χ3n) is 3.43. The van der Waals surface area contributed by atoms with Gasteiger partial charge >= 0.3 is 0 Å². The maximum Gasteiger partial charge on any atom is 0.0870 e. The Kier molecular flexibility index (Phi) is 4.46. The van der Waals surface area contributed by atoms with E-state index in [1.165, 1.54) is 0 Å². The average Bonchev–Trinajstić information content (AvgIpc) is 2.47. The zero-order chi connectivity index (χ0) is 15.0. The van der Waals surface area contributed by atoms with Crippen LogP contribution in [0.25, 0.3) is 10.8 Å². The summed E-state index contributed by atoms with van der Waals surface area (Å²) in [6.45, 7) is 0. The van der Waals surface area contributed by atoms with E-state index in [0.717, 1.165) is 26.4 Å². The molecule has 0 saturated heterocycles. The lowest BCUT2D eigenvalue weighted by Gasteiger charge is -2.16. The van der Waals surface area contributed by atoms with Gasteiger partial charge in [-0.2, -0.15) is 0 Å². The highest BCUT2D eigenvalue weighted by Gasteiger charge is 2.20. The Bertz CT molecular complexity index is 794. The third kappa shape index (κ3) is 2.80. The average molecular weight is 401 g/mol. The van der Waals surface area contributed by atoms with Crippen molar-refractivity contribution in [1.82, 2.24) is 0 Å². The molecule has 0 amide bonds. The van der Waals surface area contributed by atoms with E-state index in [4.69, 9.17) is 34.8 Å². The molecule has 0 radical (unpaired) electrons. The standard InChI is InChI=1S/C17H10BrCl3/c18-13-9-8-12(10-4-1-2-5-11(10)13)17(21)16-14(19)6-3-7-15(16)20/h1-9,17H. The lowest BCUT2D eigenvalue weighted by Crippen LogP contribution is -1.97. The molecule has 0 bridgehead atoms. The van der Waals surface area contributed by atoms with Crippen molar-refractivity contribution in [2.24, 2.45) is 0 Å². The van der Waals surface area contributed by atoms with E-state index in [1.807, 2.05) is 30.3 Å². The Morgan fingerprint density at radius 1 is 0.762 bits per heavy atom. The smallest absolute Gasteiger partial charge is 0.0870 e. The van der Waals surface area contributed by atoms with Crippen LogP contribution < -0.4 is 0 Å². The van der Waals surface area contributed by atoms with Gasteiger partial charge in [0, 0.05) is 20.1 Å². The van der Waals surface area contributed by atoms with Crippen LogP contribution in [0, 0.1) is 0 Å². The van der Waals surface area contributed by atoms with Crippen molar-refractivity contribution >= 4 is 61.5 Å². The van der Waals surface area contributed by atoms with E-state index in [2.05, 4.69) is 28.1 Å². The zero-order valence-corrected chi connectivity index (χ0v) is 14.6. The van der Waals surface area contributed by atoms with Gasteiger partial charge < -0.3 is 0 Å². The third-order valence-corrected chi connectivity index (χ3v) is 5.23. The molecular formula is C17H10BrCl3. The minimum Gasteiger partial charge on any atom is -0.112 e. The van der Waals surface area contributed by atoms with Crippen LogP contribution in [0.5, 0.6) is 0 Å². The normalized spacial score (nSPS) is 12.6. The highest BCUT2D eigenvalue weighted by atomic mass is 79.9. The minimum absolute atomic E-state index is 0.399. The van der Waals surface area contributed by atoms with Crippen LogP contribution in [-0.4, -0.2) is 0 Å². The molecule has 0 aliphatic heterocycles.